The van der Waals surface area contributed by atoms with Gasteiger partial charge in [0.25, 0.3) is 5.91 Å². The van der Waals surface area contributed by atoms with Gasteiger partial charge in [-0.1, -0.05) is 17.7 Å². The molecule has 3 heterocycles. The lowest BCUT2D eigenvalue weighted by molar-refractivity contribution is -0.117. The van der Waals surface area contributed by atoms with E-state index in [1.807, 2.05) is 0 Å². The van der Waals surface area contributed by atoms with Crippen LogP contribution in [-0.2, 0) is 18.3 Å². The Hall–Kier alpha value is -3.57. The number of nitrogens with one attached hydrogen (secondary N) is 2. The number of anilines is 1. The van der Waals surface area contributed by atoms with Gasteiger partial charge >= 0.3 is 0 Å². The highest BCUT2D eigenvalue weighted by molar-refractivity contribution is 7.99. The molecule has 0 aliphatic carbocycles. The average Bonchev–Trinajstić information content (AvgIpc) is 3.54. The Bertz CT molecular complexity index is 1690. The van der Waals surface area contributed by atoms with Crippen molar-refractivity contribution in [2.45, 2.75) is 29.7 Å². The van der Waals surface area contributed by atoms with Crippen molar-refractivity contribution in [2.24, 2.45) is 7.05 Å². The molecular weight excluding hydrogens is 556 g/mol. The molecule has 2 atom stereocenters. The third-order valence-corrected chi connectivity index (χ3v) is 8.54. The summed E-state index contributed by atoms with van der Waals surface area (Å²) < 4.78 is 56.1. The molecule has 12 heteroatoms. The van der Waals surface area contributed by atoms with Gasteiger partial charge in [-0.3, -0.25) is 14.3 Å². The van der Waals surface area contributed by atoms with Gasteiger partial charge < -0.3 is 10.6 Å². The predicted molar refractivity (Wildman–Crippen MR) is 140 cm³/mol. The molecule has 6 rings (SSSR count). The van der Waals surface area contributed by atoms with Gasteiger partial charge in [0.2, 0.25) is 12.3 Å². The standard InChI is InChI=1S/C27H19ClF4N4O2S/c1-36-19(9-21(31)32)15-8-18(33-26(37)16-10-39-20-7-12(30)2-4-13(16)20)22-23(25(15)35-36)27(38)34-24(22)14-6-11(29)3-5-17(14)28/h2-8,16,21,24H,9-10H2,1H3,(H,33,37)(H,34,38). The van der Waals surface area contributed by atoms with Crippen molar-refractivity contribution < 1.29 is 27.2 Å². The van der Waals surface area contributed by atoms with E-state index >= 15 is 0 Å². The van der Waals surface area contributed by atoms with Crippen LogP contribution in [0.15, 0.2) is 47.4 Å². The molecule has 0 spiro atoms. The number of thioether (sulfide) groups is 1. The second kappa shape index (κ2) is 9.56. The van der Waals surface area contributed by atoms with Crippen molar-refractivity contribution in [1.29, 1.82) is 0 Å². The average molecular weight is 575 g/mol. The number of fused-ring (bicyclic) bond motifs is 4. The highest BCUT2D eigenvalue weighted by Gasteiger charge is 2.39. The monoisotopic (exact) mass is 574 g/mol. The maximum atomic E-state index is 14.2. The highest BCUT2D eigenvalue weighted by Crippen LogP contribution is 2.45. The van der Waals surface area contributed by atoms with Crippen LogP contribution >= 0.6 is 23.4 Å². The zero-order chi connectivity index (χ0) is 27.6. The fraction of sp³-hybridized carbons (Fsp3) is 0.222. The summed E-state index contributed by atoms with van der Waals surface area (Å²) in [7, 11) is 1.50. The molecule has 0 radical (unpaired) electrons. The van der Waals surface area contributed by atoms with Crippen molar-refractivity contribution in [3.05, 3.63) is 87.1 Å². The topological polar surface area (TPSA) is 76.0 Å². The summed E-state index contributed by atoms with van der Waals surface area (Å²) in [5.41, 5.74) is 1.89. The lowest BCUT2D eigenvalue weighted by Crippen LogP contribution is -2.23. The van der Waals surface area contributed by atoms with E-state index in [2.05, 4.69) is 15.7 Å². The van der Waals surface area contributed by atoms with Crippen molar-refractivity contribution in [1.82, 2.24) is 15.1 Å². The molecule has 0 saturated heterocycles. The smallest absolute Gasteiger partial charge is 0.254 e. The van der Waals surface area contributed by atoms with Gasteiger partial charge in [0.15, 0.2) is 0 Å². The number of amides is 2. The minimum absolute atomic E-state index is 0.0903. The molecule has 6 nitrogen and oxygen atoms in total. The summed E-state index contributed by atoms with van der Waals surface area (Å²) >= 11 is 7.73. The minimum Gasteiger partial charge on any atom is -0.341 e. The molecular formula is C27H19ClF4N4O2S. The van der Waals surface area contributed by atoms with Crippen molar-refractivity contribution >= 4 is 51.8 Å². The summed E-state index contributed by atoms with van der Waals surface area (Å²) in [5.74, 6) is -2.21. The predicted octanol–water partition coefficient (Wildman–Crippen LogP) is 5.97. The van der Waals surface area contributed by atoms with E-state index in [0.29, 0.717) is 21.8 Å². The van der Waals surface area contributed by atoms with Crippen LogP contribution in [0.5, 0.6) is 0 Å². The Morgan fingerprint density at radius 1 is 1.18 bits per heavy atom. The largest absolute Gasteiger partial charge is 0.341 e. The van der Waals surface area contributed by atoms with Crippen LogP contribution in [0.25, 0.3) is 10.9 Å². The zero-order valence-electron chi connectivity index (χ0n) is 20.2. The van der Waals surface area contributed by atoms with Gasteiger partial charge in [0.05, 0.1) is 29.6 Å². The summed E-state index contributed by atoms with van der Waals surface area (Å²) in [6, 6.07) is 8.53. The molecule has 2 unspecified atom stereocenters. The summed E-state index contributed by atoms with van der Waals surface area (Å²) in [6.07, 6.45) is -3.28. The Morgan fingerprint density at radius 2 is 1.92 bits per heavy atom. The maximum Gasteiger partial charge on any atom is 0.254 e. The van der Waals surface area contributed by atoms with Gasteiger partial charge in [-0.25, -0.2) is 17.6 Å². The van der Waals surface area contributed by atoms with Crippen LogP contribution in [0.4, 0.5) is 23.2 Å². The molecule has 0 bridgehead atoms. The van der Waals surface area contributed by atoms with Gasteiger partial charge in [-0.15, -0.1) is 11.8 Å². The first-order valence-corrected chi connectivity index (χ1v) is 13.3. The number of aryl methyl sites for hydroxylation is 1. The second-order valence-corrected chi connectivity index (χ2v) is 10.9. The number of nitrogens with zero attached hydrogens (tertiary/aromatic N) is 2. The first kappa shape index (κ1) is 25.7. The summed E-state index contributed by atoms with van der Waals surface area (Å²) in [5, 5.41) is 10.5. The van der Waals surface area contributed by atoms with Crippen LogP contribution in [0, 0.1) is 11.6 Å². The van der Waals surface area contributed by atoms with E-state index in [-0.39, 0.29) is 38.4 Å². The van der Waals surface area contributed by atoms with E-state index in [1.165, 1.54) is 59.9 Å². The molecule has 0 fully saturated rings. The van der Waals surface area contributed by atoms with Crippen LogP contribution in [0.2, 0.25) is 5.02 Å². The Labute approximate surface area is 228 Å². The molecule has 2 N–H and O–H groups in total. The van der Waals surface area contributed by atoms with E-state index in [1.54, 1.807) is 6.07 Å². The first-order chi connectivity index (χ1) is 18.6. The quantitative estimate of drug-likeness (QED) is 0.288. The van der Waals surface area contributed by atoms with Crippen molar-refractivity contribution in [3.63, 3.8) is 0 Å². The SMILES string of the molecule is Cn1nc2c3c(c(NC(=O)C4CSc5cc(F)ccc54)cc2c1CC(F)F)C(c1cc(F)ccc1Cl)NC3=O. The summed E-state index contributed by atoms with van der Waals surface area (Å²) in [6.45, 7) is 0. The third-order valence-electron chi connectivity index (χ3n) is 7.03. The fourth-order valence-corrected chi connectivity index (χ4v) is 6.76. The number of hydrogen-bond donors (Lipinski definition) is 2. The number of carbonyl (C=O) groups is 2. The molecule has 1 aromatic heterocycles. The number of halogens is 5. The number of aromatic nitrogens is 2. The Kier molecular flexibility index (Phi) is 6.30. The first-order valence-electron chi connectivity index (χ1n) is 11.9. The van der Waals surface area contributed by atoms with E-state index < -0.39 is 48.3 Å². The van der Waals surface area contributed by atoms with Crippen molar-refractivity contribution in [2.75, 3.05) is 11.1 Å². The normalized spacial score (nSPS) is 18.0. The van der Waals surface area contributed by atoms with Gasteiger partial charge in [0.1, 0.15) is 17.2 Å². The van der Waals surface area contributed by atoms with Gasteiger partial charge in [-0.05, 0) is 42.0 Å². The number of rotatable bonds is 5. The number of carbonyl (C=O) groups excluding carboxylic acids is 2. The highest BCUT2D eigenvalue weighted by atomic mass is 35.5. The maximum absolute atomic E-state index is 14.2. The van der Waals surface area contributed by atoms with Crippen LogP contribution in [-0.4, -0.2) is 33.8 Å². The zero-order valence-corrected chi connectivity index (χ0v) is 21.8. The molecule has 3 aromatic carbocycles. The molecule has 2 aliphatic heterocycles. The molecule has 0 saturated carbocycles. The van der Waals surface area contributed by atoms with Gasteiger partial charge in [0, 0.05) is 44.9 Å². The van der Waals surface area contributed by atoms with Crippen LogP contribution < -0.4 is 10.6 Å². The van der Waals surface area contributed by atoms with Gasteiger partial charge in [-0.2, -0.15) is 5.10 Å². The minimum atomic E-state index is -2.67. The molecule has 39 heavy (non-hydrogen) atoms. The number of alkyl halides is 2. The summed E-state index contributed by atoms with van der Waals surface area (Å²) in [4.78, 5) is 27.5. The number of hydrogen-bond acceptors (Lipinski definition) is 4. The van der Waals surface area contributed by atoms with Crippen molar-refractivity contribution in [3.8, 4) is 0 Å². The number of benzene rings is 3. The third kappa shape index (κ3) is 4.33. The Morgan fingerprint density at radius 3 is 2.69 bits per heavy atom. The fourth-order valence-electron chi connectivity index (χ4n) is 5.28. The second-order valence-electron chi connectivity index (χ2n) is 9.38. The van der Waals surface area contributed by atoms with E-state index in [4.69, 9.17) is 11.6 Å². The molecule has 2 aliphatic rings. The lowest BCUT2D eigenvalue weighted by Gasteiger charge is -2.19. The molecule has 2 amide bonds. The lowest BCUT2D eigenvalue weighted by atomic mass is 9.93. The van der Waals surface area contributed by atoms with E-state index in [9.17, 15) is 27.2 Å². The van der Waals surface area contributed by atoms with Crippen LogP contribution in [0.3, 0.4) is 0 Å². The molecule has 200 valence electrons. The Balaban J connectivity index is 1.52. The van der Waals surface area contributed by atoms with E-state index in [0.717, 1.165) is 0 Å². The molecule has 4 aromatic rings. The van der Waals surface area contributed by atoms with Crippen LogP contribution in [0.1, 0.15) is 44.7 Å².